The Morgan fingerprint density at radius 3 is 2.80 bits per heavy atom. The number of nitrogens with one attached hydrogen (secondary N) is 2. The fourth-order valence-electron chi connectivity index (χ4n) is 1.52. The summed E-state index contributed by atoms with van der Waals surface area (Å²) in [5.41, 5.74) is 1.74. The van der Waals surface area contributed by atoms with Gasteiger partial charge in [0.2, 0.25) is 5.91 Å². The van der Waals surface area contributed by atoms with Crippen LogP contribution in [-0.2, 0) is 16.1 Å². The van der Waals surface area contributed by atoms with E-state index >= 15 is 0 Å². The van der Waals surface area contributed by atoms with Gasteiger partial charge >= 0.3 is 0 Å². The SMILES string of the molecule is CNCc1cccc(NC(=O)CCOCC(F)F)c1.Cl. The van der Waals surface area contributed by atoms with Crippen molar-refractivity contribution >= 4 is 24.0 Å². The van der Waals surface area contributed by atoms with Gasteiger partial charge in [0.05, 0.1) is 13.0 Å². The van der Waals surface area contributed by atoms with E-state index in [0.29, 0.717) is 12.2 Å². The molecule has 1 amide bonds. The molecule has 0 bridgehead atoms. The fraction of sp³-hybridized carbons (Fsp3) is 0.462. The van der Waals surface area contributed by atoms with E-state index in [1.54, 1.807) is 6.07 Å². The van der Waals surface area contributed by atoms with Crippen molar-refractivity contribution in [3.63, 3.8) is 0 Å². The van der Waals surface area contributed by atoms with Crippen molar-refractivity contribution < 1.29 is 18.3 Å². The minimum absolute atomic E-state index is 0. The Morgan fingerprint density at radius 2 is 2.15 bits per heavy atom. The standard InChI is InChI=1S/C13H18F2N2O2.ClH/c1-16-8-10-3-2-4-11(7-10)17-13(18)5-6-19-9-12(14)15;/h2-4,7,12,16H,5-6,8-9H2,1H3,(H,17,18);1H. The molecule has 0 aliphatic carbocycles. The number of ether oxygens (including phenoxy) is 1. The molecule has 0 heterocycles. The Balaban J connectivity index is 0.00000361. The molecular weight excluding hydrogens is 290 g/mol. The van der Waals surface area contributed by atoms with E-state index in [2.05, 4.69) is 15.4 Å². The number of carbonyl (C=O) groups is 1. The van der Waals surface area contributed by atoms with Crippen LogP contribution < -0.4 is 10.6 Å². The van der Waals surface area contributed by atoms with Crippen LogP contribution >= 0.6 is 12.4 Å². The Morgan fingerprint density at radius 1 is 1.40 bits per heavy atom. The number of hydrogen-bond donors (Lipinski definition) is 2. The Hall–Kier alpha value is -1.24. The third-order valence-electron chi connectivity index (χ3n) is 2.31. The first-order valence-electron chi connectivity index (χ1n) is 6.01. The van der Waals surface area contributed by atoms with E-state index in [1.807, 2.05) is 25.2 Å². The second-order valence-electron chi connectivity index (χ2n) is 3.99. The van der Waals surface area contributed by atoms with Gasteiger partial charge in [0, 0.05) is 12.2 Å². The van der Waals surface area contributed by atoms with Crippen molar-refractivity contribution in [1.29, 1.82) is 0 Å². The number of hydrogen-bond acceptors (Lipinski definition) is 3. The van der Waals surface area contributed by atoms with Crippen LogP contribution in [0.25, 0.3) is 0 Å². The molecule has 1 rings (SSSR count). The zero-order valence-electron chi connectivity index (χ0n) is 11.2. The molecule has 1 aromatic carbocycles. The molecule has 20 heavy (non-hydrogen) atoms. The van der Waals surface area contributed by atoms with Gasteiger partial charge in [-0.3, -0.25) is 4.79 Å². The minimum atomic E-state index is -2.50. The highest BCUT2D eigenvalue weighted by atomic mass is 35.5. The van der Waals surface area contributed by atoms with Crippen LogP contribution in [0.2, 0.25) is 0 Å². The van der Waals surface area contributed by atoms with Gasteiger partial charge < -0.3 is 15.4 Å². The monoisotopic (exact) mass is 308 g/mol. The third kappa shape index (κ3) is 8.04. The van der Waals surface area contributed by atoms with Gasteiger partial charge in [-0.05, 0) is 24.7 Å². The highest BCUT2D eigenvalue weighted by Gasteiger charge is 2.05. The van der Waals surface area contributed by atoms with Crippen LogP contribution in [0.4, 0.5) is 14.5 Å². The second kappa shape index (κ2) is 10.5. The number of carbonyl (C=O) groups excluding carboxylic acids is 1. The first-order chi connectivity index (χ1) is 9.11. The van der Waals surface area contributed by atoms with Crippen LogP contribution in [0.1, 0.15) is 12.0 Å². The average molecular weight is 309 g/mol. The summed E-state index contributed by atoms with van der Waals surface area (Å²) in [6, 6.07) is 7.42. The van der Waals surface area contributed by atoms with Crippen molar-refractivity contribution in [3.8, 4) is 0 Å². The van der Waals surface area contributed by atoms with Crippen LogP contribution in [0, 0.1) is 0 Å². The molecule has 0 fully saturated rings. The number of amides is 1. The second-order valence-corrected chi connectivity index (χ2v) is 3.99. The number of halogens is 3. The lowest BCUT2D eigenvalue weighted by Gasteiger charge is -2.07. The van der Waals surface area contributed by atoms with Gasteiger partial charge in [-0.1, -0.05) is 12.1 Å². The van der Waals surface area contributed by atoms with Crippen LogP contribution in [0.5, 0.6) is 0 Å². The molecule has 0 aliphatic heterocycles. The van der Waals surface area contributed by atoms with E-state index in [-0.39, 0.29) is 31.3 Å². The molecule has 0 radical (unpaired) electrons. The lowest BCUT2D eigenvalue weighted by Crippen LogP contribution is -2.16. The molecule has 7 heteroatoms. The maximum Gasteiger partial charge on any atom is 0.261 e. The molecule has 0 atom stereocenters. The van der Waals surface area contributed by atoms with Crippen molar-refractivity contribution in [2.75, 3.05) is 25.6 Å². The zero-order valence-corrected chi connectivity index (χ0v) is 12.0. The van der Waals surface area contributed by atoms with Crippen molar-refractivity contribution in [1.82, 2.24) is 5.32 Å². The Labute approximate surface area is 123 Å². The summed E-state index contributed by atoms with van der Waals surface area (Å²) in [7, 11) is 1.84. The number of rotatable bonds is 8. The predicted octanol–water partition coefficient (Wildman–Crippen LogP) is 2.44. The van der Waals surface area contributed by atoms with Gasteiger partial charge in [-0.2, -0.15) is 0 Å². The van der Waals surface area contributed by atoms with Crippen LogP contribution in [-0.4, -0.2) is 32.6 Å². The summed E-state index contributed by atoms with van der Waals surface area (Å²) in [5, 5.41) is 5.71. The molecular formula is C13H19ClF2N2O2. The predicted molar refractivity (Wildman–Crippen MR) is 76.5 cm³/mol. The van der Waals surface area contributed by atoms with E-state index in [9.17, 15) is 13.6 Å². The molecule has 114 valence electrons. The quantitative estimate of drug-likeness (QED) is 0.725. The lowest BCUT2D eigenvalue weighted by molar-refractivity contribution is -0.117. The number of alkyl halides is 2. The van der Waals surface area contributed by atoms with Gasteiger partial charge in [-0.25, -0.2) is 8.78 Å². The molecule has 0 saturated heterocycles. The highest BCUT2D eigenvalue weighted by Crippen LogP contribution is 2.10. The summed E-state index contributed by atoms with van der Waals surface area (Å²) >= 11 is 0. The summed E-state index contributed by atoms with van der Waals surface area (Å²) in [6.07, 6.45) is -2.44. The maximum atomic E-state index is 11.8. The molecule has 0 saturated carbocycles. The smallest absolute Gasteiger partial charge is 0.261 e. The Kier molecular flexibility index (Phi) is 9.88. The number of anilines is 1. The summed E-state index contributed by atoms with van der Waals surface area (Å²) < 4.78 is 28.2. The van der Waals surface area contributed by atoms with Crippen LogP contribution in [0.15, 0.2) is 24.3 Å². The molecule has 0 aliphatic rings. The molecule has 0 unspecified atom stereocenters. The summed E-state index contributed by atoms with van der Waals surface area (Å²) in [6.45, 7) is 0.0680. The van der Waals surface area contributed by atoms with Crippen molar-refractivity contribution in [2.24, 2.45) is 0 Å². The summed E-state index contributed by atoms with van der Waals surface area (Å²) in [5.74, 6) is -0.254. The summed E-state index contributed by atoms with van der Waals surface area (Å²) in [4.78, 5) is 11.5. The van der Waals surface area contributed by atoms with E-state index in [4.69, 9.17) is 0 Å². The molecule has 0 aromatic heterocycles. The van der Waals surface area contributed by atoms with Gasteiger partial charge in [0.1, 0.15) is 6.61 Å². The minimum Gasteiger partial charge on any atom is -0.375 e. The topological polar surface area (TPSA) is 50.4 Å². The van der Waals surface area contributed by atoms with E-state index in [0.717, 1.165) is 5.56 Å². The Bertz CT molecular complexity index is 406. The van der Waals surface area contributed by atoms with Crippen molar-refractivity contribution in [2.45, 2.75) is 19.4 Å². The first-order valence-corrected chi connectivity index (χ1v) is 6.01. The highest BCUT2D eigenvalue weighted by molar-refractivity contribution is 5.90. The molecule has 1 aromatic rings. The van der Waals surface area contributed by atoms with E-state index in [1.165, 1.54) is 0 Å². The van der Waals surface area contributed by atoms with Crippen molar-refractivity contribution in [3.05, 3.63) is 29.8 Å². The van der Waals surface area contributed by atoms with Gasteiger partial charge in [0.15, 0.2) is 0 Å². The molecule has 0 spiro atoms. The number of benzene rings is 1. The fourth-order valence-corrected chi connectivity index (χ4v) is 1.52. The van der Waals surface area contributed by atoms with Gasteiger partial charge in [0.25, 0.3) is 6.43 Å². The third-order valence-corrected chi connectivity index (χ3v) is 2.31. The first kappa shape index (κ1) is 18.8. The lowest BCUT2D eigenvalue weighted by atomic mass is 10.2. The van der Waals surface area contributed by atoms with Gasteiger partial charge in [-0.15, -0.1) is 12.4 Å². The average Bonchev–Trinajstić information content (AvgIpc) is 2.35. The van der Waals surface area contributed by atoms with E-state index < -0.39 is 13.0 Å². The maximum absolute atomic E-state index is 11.8. The largest absolute Gasteiger partial charge is 0.375 e. The zero-order chi connectivity index (χ0) is 14.1. The molecule has 4 nitrogen and oxygen atoms in total. The van der Waals surface area contributed by atoms with Crippen LogP contribution in [0.3, 0.4) is 0 Å². The molecule has 2 N–H and O–H groups in total. The normalized spacial score (nSPS) is 10.2.